The molecule has 4 atom stereocenters. The van der Waals surface area contributed by atoms with E-state index >= 15 is 0 Å². The van der Waals surface area contributed by atoms with Crippen molar-refractivity contribution in [1.29, 1.82) is 0 Å². The molecule has 0 spiro atoms. The highest BCUT2D eigenvalue weighted by Crippen LogP contribution is 2.61. The number of rotatable bonds is 3. The summed E-state index contributed by atoms with van der Waals surface area (Å²) in [6, 6.07) is 17.0. The Balaban J connectivity index is 1.87. The fourth-order valence-electron chi connectivity index (χ4n) is 3.99. The molecule has 2 saturated heterocycles. The lowest BCUT2D eigenvalue weighted by Gasteiger charge is -2.26. The molecule has 2 aromatic carbocycles. The topological polar surface area (TPSA) is 61.8 Å². The van der Waals surface area contributed by atoms with Gasteiger partial charge in [-0.2, -0.15) is 0 Å². The SMILES string of the molecule is COC(=O)[C@@]12C(=O)OC[C@@H]1[C@H](c1ccccc1)O[C@@H]2c1ccc(Br)cc1. The summed E-state index contributed by atoms with van der Waals surface area (Å²) in [5, 5.41) is 0. The lowest BCUT2D eigenvalue weighted by Crippen LogP contribution is -2.44. The molecule has 2 fully saturated rings. The van der Waals surface area contributed by atoms with Crippen LogP contribution in [0, 0.1) is 11.3 Å². The van der Waals surface area contributed by atoms with Gasteiger partial charge in [-0.1, -0.05) is 58.4 Å². The monoisotopic (exact) mass is 416 g/mol. The predicted octanol–water partition coefficient (Wildman–Crippen LogP) is 3.59. The number of benzene rings is 2. The highest BCUT2D eigenvalue weighted by Gasteiger charge is 2.71. The summed E-state index contributed by atoms with van der Waals surface area (Å²) in [6.45, 7) is 0.126. The van der Waals surface area contributed by atoms with Crippen molar-refractivity contribution in [2.45, 2.75) is 12.2 Å². The number of carbonyl (C=O) groups is 2. The van der Waals surface area contributed by atoms with Crippen LogP contribution in [0.3, 0.4) is 0 Å². The number of carbonyl (C=O) groups excluding carboxylic acids is 2. The maximum Gasteiger partial charge on any atom is 0.327 e. The maximum atomic E-state index is 12.8. The first-order chi connectivity index (χ1) is 12.6. The molecule has 0 aliphatic carbocycles. The Bertz CT molecular complexity index is 835. The van der Waals surface area contributed by atoms with E-state index in [1.165, 1.54) is 7.11 Å². The zero-order chi connectivity index (χ0) is 18.3. The van der Waals surface area contributed by atoms with Crippen molar-refractivity contribution in [2.24, 2.45) is 11.3 Å². The number of fused-ring (bicyclic) bond motifs is 1. The van der Waals surface area contributed by atoms with Gasteiger partial charge in [0.2, 0.25) is 5.41 Å². The fraction of sp³-hybridized carbons (Fsp3) is 0.300. The number of halogens is 1. The van der Waals surface area contributed by atoms with Crippen molar-refractivity contribution in [3.8, 4) is 0 Å². The Morgan fingerprint density at radius 2 is 1.81 bits per heavy atom. The van der Waals surface area contributed by atoms with Crippen LogP contribution in [0.2, 0.25) is 0 Å². The van der Waals surface area contributed by atoms with Crippen LogP contribution in [-0.2, 0) is 23.8 Å². The zero-order valence-corrected chi connectivity index (χ0v) is 15.6. The number of esters is 2. The molecule has 0 saturated carbocycles. The second-order valence-electron chi connectivity index (χ2n) is 6.46. The number of hydrogen-bond donors (Lipinski definition) is 0. The van der Waals surface area contributed by atoms with Crippen molar-refractivity contribution in [3.05, 3.63) is 70.2 Å². The third-order valence-corrected chi connectivity index (χ3v) is 5.73. The molecule has 2 heterocycles. The summed E-state index contributed by atoms with van der Waals surface area (Å²) in [5.41, 5.74) is 0.146. The van der Waals surface area contributed by atoms with E-state index in [0.717, 1.165) is 15.6 Å². The summed E-state index contributed by atoms with van der Waals surface area (Å²) < 4.78 is 17.6. The second kappa shape index (κ2) is 6.52. The number of methoxy groups -OCH3 is 1. The van der Waals surface area contributed by atoms with Crippen LogP contribution >= 0.6 is 15.9 Å². The quantitative estimate of drug-likeness (QED) is 0.564. The molecule has 134 valence electrons. The van der Waals surface area contributed by atoms with Gasteiger partial charge < -0.3 is 14.2 Å². The van der Waals surface area contributed by atoms with E-state index in [-0.39, 0.29) is 6.61 Å². The van der Waals surface area contributed by atoms with E-state index in [4.69, 9.17) is 14.2 Å². The van der Waals surface area contributed by atoms with Crippen molar-refractivity contribution in [2.75, 3.05) is 13.7 Å². The Kier molecular flexibility index (Phi) is 4.32. The van der Waals surface area contributed by atoms with Gasteiger partial charge in [-0.25, -0.2) is 0 Å². The molecule has 5 nitrogen and oxygen atoms in total. The minimum atomic E-state index is -1.50. The minimum Gasteiger partial charge on any atom is -0.468 e. The van der Waals surface area contributed by atoms with Crippen LogP contribution in [0.25, 0.3) is 0 Å². The Morgan fingerprint density at radius 1 is 1.12 bits per heavy atom. The van der Waals surface area contributed by atoms with Crippen molar-refractivity contribution < 1.29 is 23.8 Å². The van der Waals surface area contributed by atoms with Crippen LogP contribution in [-0.4, -0.2) is 25.7 Å². The lowest BCUT2D eigenvalue weighted by atomic mass is 9.70. The van der Waals surface area contributed by atoms with E-state index in [0.29, 0.717) is 0 Å². The maximum absolute atomic E-state index is 12.8. The van der Waals surface area contributed by atoms with Crippen LogP contribution in [0.1, 0.15) is 23.3 Å². The lowest BCUT2D eigenvalue weighted by molar-refractivity contribution is -0.169. The molecule has 6 heteroatoms. The highest BCUT2D eigenvalue weighted by molar-refractivity contribution is 9.10. The standard InChI is InChI=1S/C20H17BrO5/c1-24-18(22)20-15(11-25-19(20)23)16(12-5-3-2-4-6-12)26-17(20)13-7-9-14(21)10-8-13/h2-10,15-17H,11H2,1H3/t15-,16+,17-,20-/m1/s1. The van der Waals surface area contributed by atoms with E-state index in [1.54, 1.807) is 0 Å². The summed E-state index contributed by atoms with van der Waals surface area (Å²) in [7, 11) is 1.29. The molecule has 26 heavy (non-hydrogen) atoms. The minimum absolute atomic E-state index is 0.126. The van der Waals surface area contributed by atoms with Gasteiger partial charge in [0.15, 0.2) is 0 Å². The van der Waals surface area contributed by atoms with Crippen LogP contribution in [0.15, 0.2) is 59.1 Å². The van der Waals surface area contributed by atoms with Gasteiger partial charge in [0.05, 0.1) is 25.7 Å². The van der Waals surface area contributed by atoms with E-state index in [9.17, 15) is 9.59 Å². The molecule has 2 aliphatic heterocycles. The molecule has 0 amide bonds. The van der Waals surface area contributed by atoms with Gasteiger partial charge >= 0.3 is 11.9 Å². The van der Waals surface area contributed by atoms with E-state index in [1.807, 2.05) is 54.6 Å². The first-order valence-electron chi connectivity index (χ1n) is 8.30. The van der Waals surface area contributed by atoms with Crippen molar-refractivity contribution >= 4 is 27.9 Å². The van der Waals surface area contributed by atoms with Gasteiger partial charge in [-0.3, -0.25) is 9.59 Å². The summed E-state index contributed by atoms with van der Waals surface area (Å²) in [4.78, 5) is 25.6. The van der Waals surface area contributed by atoms with Gasteiger partial charge in [-0.15, -0.1) is 0 Å². The van der Waals surface area contributed by atoms with E-state index in [2.05, 4.69) is 15.9 Å². The Labute approximate surface area is 159 Å². The predicted molar refractivity (Wildman–Crippen MR) is 96.0 cm³/mol. The van der Waals surface area contributed by atoms with Gasteiger partial charge in [0.1, 0.15) is 6.10 Å². The number of hydrogen-bond acceptors (Lipinski definition) is 5. The molecule has 2 aliphatic rings. The van der Waals surface area contributed by atoms with Crippen LogP contribution < -0.4 is 0 Å². The molecule has 0 bridgehead atoms. The zero-order valence-electron chi connectivity index (χ0n) is 14.1. The first-order valence-corrected chi connectivity index (χ1v) is 9.10. The normalized spacial score (nSPS) is 29.9. The smallest absolute Gasteiger partial charge is 0.327 e. The highest BCUT2D eigenvalue weighted by atomic mass is 79.9. The Hall–Kier alpha value is -2.18. The number of cyclic esters (lactones) is 1. The summed E-state index contributed by atoms with van der Waals surface area (Å²) >= 11 is 3.40. The third kappa shape index (κ3) is 2.40. The molecule has 0 unspecified atom stereocenters. The summed E-state index contributed by atoms with van der Waals surface area (Å²) in [6.07, 6.45) is -1.20. The largest absolute Gasteiger partial charge is 0.468 e. The van der Waals surface area contributed by atoms with Crippen LogP contribution in [0.5, 0.6) is 0 Å². The van der Waals surface area contributed by atoms with Crippen LogP contribution in [0.4, 0.5) is 0 Å². The Morgan fingerprint density at radius 3 is 2.46 bits per heavy atom. The van der Waals surface area contributed by atoms with E-state index < -0.39 is 35.5 Å². The van der Waals surface area contributed by atoms with Gasteiger partial charge in [0.25, 0.3) is 0 Å². The molecule has 0 N–H and O–H groups in total. The second-order valence-corrected chi connectivity index (χ2v) is 7.38. The molecule has 4 rings (SSSR count). The molecule has 0 aromatic heterocycles. The van der Waals surface area contributed by atoms with Crippen molar-refractivity contribution in [1.82, 2.24) is 0 Å². The van der Waals surface area contributed by atoms with Gasteiger partial charge in [-0.05, 0) is 23.3 Å². The van der Waals surface area contributed by atoms with Crippen molar-refractivity contribution in [3.63, 3.8) is 0 Å². The molecular weight excluding hydrogens is 400 g/mol. The summed E-state index contributed by atoms with van der Waals surface area (Å²) in [5.74, 6) is -1.64. The molecular formula is C20H17BrO5. The fourth-order valence-corrected chi connectivity index (χ4v) is 4.25. The third-order valence-electron chi connectivity index (χ3n) is 5.20. The average molecular weight is 417 g/mol. The first kappa shape index (κ1) is 17.2. The molecule has 0 radical (unpaired) electrons. The average Bonchev–Trinajstić information content (AvgIpc) is 3.19. The van der Waals surface area contributed by atoms with Gasteiger partial charge in [0, 0.05) is 4.47 Å². The molecule has 2 aromatic rings. The number of ether oxygens (including phenoxy) is 3.